The molecular formula is C22H19Cl5N2O2. The third-order valence-electron chi connectivity index (χ3n) is 6.08. The van der Waals surface area contributed by atoms with Gasteiger partial charge < -0.3 is 15.4 Å². The van der Waals surface area contributed by atoms with Gasteiger partial charge in [0.1, 0.15) is 10.6 Å². The zero-order valence-electron chi connectivity index (χ0n) is 16.2. The summed E-state index contributed by atoms with van der Waals surface area (Å²) in [4.78, 5) is 24.7. The van der Waals surface area contributed by atoms with Crippen LogP contribution in [-0.2, 0) is 4.79 Å². The molecule has 0 radical (unpaired) electrons. The molecule has 0 aromatic heterocycles. The topological polar surface area (TPSA) is 58.2 Å². The molecule has 4 rings (SSSR count). The van der Waals surface area contributed by atoms with Crippen LogP contribution in [0.15, 0.2) is 36.4 Å². The molecule has 4 nitrogen and oxygen atoms in total. The highest BCUT2D eigenvalue weighted by molar-refractivity contribution is 6.54. The van der Waals surface area contributed by atoms with Crippen LogP contribution in [0.4, 0.5) is 5.69 Å². The van der Waals surface area contributed by atoms with Crippen molar-refractivity contribution in [1.29, 1.82) is 0 Å². The van der Waals surface area contributed by atoms with Crippen LogP contribution in [0.25, 0.3) is 0 Å². The highest BCUT2D eigenvalue weighted by atomic mass is 35.5. The number of amides is 1. The lowest BCUT2D eigenvalue weighted by atomic mass is 9.93. The number of carbonyl (C=O) groups is 2. The van der Waals surface area contributed by atoms with Gasteiger partial charge in [-0.25, -0.2) is 0 Å². The Balaban J connectivity index is 1.52. The summed E-state index contributed by atoms with van der Waals surface area (Å²) in [5.74, 6) is -0.705. The first kappa shape index (κ1) is 23.0. The number of alkyl halides is 2. The lowest BCUT2D eigenvalue weighted by Gasteiger charge is -2.26. The van der Waals surface area contributed by atoms with Crippen LogP contribution in [-0.4, -0.2) is 29.1 Å². The fraction of sp³-hybridized carbons (Fsp3) is 0.364. The minimum Gasteiger partial charge on any atom is -0.384 e. The van der Waals surface area contributed by atoms with Gasteiger partial charge in [-0.1, -0.05) is 58.0 Å². The highest BCUT2D eigenvalue weighted by Gasteiger charge is 2.76. The van der Waals surface area contributed by atoms with Crippen LogP contribution in [0.1, 0.15) is 41.1 Å². The normalized spacial score (nSPS) is 24.2. The van der Waals surface area contributed by atoms with Crippen molar-refractivity contribution in [2.75, 3.05) is 11.9 Å². The zero-order chi connectivity index (χ0) is 22.4. The molecule has 2 aliphatic carbocycles. The first-order valence-corrected chi connectivity index (χ1v) is 11.7. The van der Waals surface area contributed by atoms with Crippen molar-refractivity contribution in [1.82, 2.24) is 5.32 Å². The summed E-state index contributed by atoms with van der Waals surface area (Å²) >= 11 is 31.5. The van der Waals surface area contributed by atoms with E-state index in [0.29, 0.717) is 31.9 Å². The molecule has 0 saturated heterocycles. The van der Waals surface area contributed by atoms with E-state index in [1.54, 1.807) is 36.4 Å². The van der Waals surface area contributed by atoms with Crippen molar-refractivity contribution in [3.8, 4) is 0 Å². The average molecular weight is 521 g/mol. The Morgan fingerprint density at radius 1 is 1.06 bits per heavy atom. The summed E-state index contributed by atoms with van der Waals surface area (Å²) in [6.45, 7) is 0.156. The van der Waals surface area contributed by atoms with Crippen molar-refractivity contribution in [3.63, 3.8) is 0 Å². The first-order valence-electron chi connectivity index (χ1n) is 9.82. The minimum atomic E-state index is -1.33. The van der Waals surface area contributed by atoms with Crippen molar-refractivity contribution < 1.29 is 9.59 Å². The molecule has 2 aromatic carbocycles. The van der Waals surface area contributed by atoms with E-state index in [4.69, 9.17) is 58.0 Å². The third-order valence-corrected chi connectivity index (χ3v) is 7.99. The Kier molecular flexibility index (Phi) is 6.41. The Hall–Kier alpha value is -1.17. The van der Waals surface area contributed by atoms with Gasteiger partial charge in [0.15, 0.2) is 0 Å². The van der Waals surface area contributed by atoms with Crippen LogP contribution < -0.4 is 10.6 Å². The molecule has 2 aliphatic rings. The number of carbonyl (C=O) groups excluding carboxylic acids is 2. The average Bonchev–Trinajstić information content (AvgIpc) is 3.18. The van der Waals surface area contributed by atoms with E-state index in [0.717, 1.165) is 25.5 Å². The number of aldehydes is 1. The molecule has 2 fully saturated rings. The van der Waals surface area contributed by atoms with E-state index < -0.39 is 15.7 Å². The zero-order valence-corrected chi connectivity index (χ0v) is 20.0. The van der Waals surface area contributed by atoms with Gasteiger partial charge in [0, 0.05) is 34.2 Å². The van der Waals surface area contributed by atoms with Gasteiger partial charge in [-0.2, -0.15) is 0 Å². The predicted octanol–water partition coefficient (Wildman–Crippen LogP) is 6.50. The Morgan fingerprint density at radius 3 is 2.32 bits per heavy atom. The number of benzene rings is 2. The molecule has 2 aromatic rings. The number of anilines is 1. The van der Waals surface area contributed by atoms with Gasteiger partial charge in [0.05, 0.1) is 16.0 Å². The number of halogens is 5. The van der Waals surface area contributed by atoms with Crippen LogP contribution in [0.2, 0.25) is 15.1 Å². The van der Waals surface area contributed by atoms with Crippen LogP contribution in [0.5, 0.6) is 0 Å². The van der Waals surface area contributed by atoms with Crippen LogP contribution in [0.3, 0.4) is 0 Å². The van der Waals surface area contributed by atoms with Crippen molar-refractivity contribution in [2.24, 2.45) is 5.41 Å². The van der Waals surface area contributed by atoms with Gasteiger partial charge in [-0.3, -0.25) is 4.79 Å². The Labute approximate surface area is 205 Å². The maximum Gasteiger partial charge on any atom is 0.253 e. The summed E-state index contributed by atoms with van der Waals surface area (Å²) in [6.07, 6.45) is 3.84. The van der Waals surface area contributed by atoms with E-state index in [2.05, 4.69) is 10.6 Å². The van der Waals surface area contributed by atoms with Crippen molar-refractivity contribution in [3.05, 3.63) is 62.6 Å². The highest BCUT2D eigenvalue weighted by Crippen LogP contribution is 2.73. The molecule has 31 heavy (non-hydrogen) atoms. The SMILES string of the molecule is O=CC1(CNc2ccc(Cl)c(C(=O)NC3CCC3)c2)C(c2cc(Cl)cc(Cl)c2)C1(Cl)Cl. The molecule has 9 heteroatoms. The smallest absolute Gasteiger partial charge is 0.253 e. The van der Waals surface area contributed by atoms with E-state index in [9.17, 15) is 9.59 Å². The summed E-state index contributed by atoms with van der Waals surface area (Å²) in [7, 11) is 0. The van der Waals surface area contributed by atoms with E-state index in [-0.39, 0.29) is 18.5 Å². The van der Waals surface area contributed by atoms with Gasteiger partial charge in [-0.05, 0) is 61.2 Å². The fourth-order valence-corrected chi connectivity index (χ4v) is 5.73. The lowest BCUT2D eigenvalue weighted by Crippen LogP contribution is -2.39. The second-order valence-electron chi connectivity index (χ2n) is 8.07. The number of nitrogens with one attached hydrogen (secondary N) is 2. The maximum absolute atomic E-state index is 12.5. The van der Waals surface area contributed by atoms with Gasteiger partial charge in [-0.15, -0.1) is 0 Å². The molecular weight excluding hydrogens is 502 g/mol. The molecule has 0 spiro atoms. The maximum atomic E-state index is 12.5. The summed E-state index contributed by atoms with van der Waals surface area (Å²) in [5.41, 5.74) is 0.602. The van der Waals surface area contributed by atoms with Crippen molar-refractivity contribution in [2.45, 2.75) is 35.6 Å². The molecule has 0 aliphatic heterocycles. The minimum absolute atomic E-state index is 0.156. The van der Waals surface area contributed by atoms with Gasteiger partial charge in [0.25, 0.3) is 5.91 Å². The van der Waals surface area contributed by atoms with Crippen molar-refractivity contribution >= 4 is 75.9 Å². The second-order valence-corrected chi connectivity index (χ2v) is 10.7. The molecule has 2 unspecified atom stereocenters. The molecule has 1 amide bonds. The number of hydrogen-bond acceptors (Lipinski definition) is 3. The molecule has 164 valence electrons. The Morgan fingerprint density at radius 2 is 1.74 bits per heavy atom. The summed E-state index contributed by atoms with van der Waals surface area (Å²) < 4.78 is -1.33. The lowest BCUT2D eigenvalue weighted by molar-refractivity contribution is -0.112. The van der Waals surface area contributed by atoms with E-state index in [1.165, 1.54) is 0 Å². The van der Waals surface area contributed by atoms with Gasteiger partial charge >= 0.3 is 0 Å². The molecule has 2 atom stereocenters. The fourth-order valence-electron chi connectivity index (χ4n) is 4.01. The van der Waals surface area contributed by atoms with E-state index in [1.807, 2.05) is 0 Å². The largest absolute Gasteiger partial charge is 0.384 e. The molecule has 0 heterocycles. The molecule has 0 bridgehead atoms. The number of rotatable bonds is 7. The number of hydrogen-bond donors (Lipinski definition) is 2. The summed E-state index contributed by atoms with van der Waals surface area (Å²) in [6, 6.07) is 10.2. The third kappa shape index (κ3) is 4.26. The first-order chi connectivity index (χ1) is 14.7. The van der Waals surface area contributed by atoms with E-state index >= 15 is 0 Å². The quantitative estimate of drug-likeness (QED) is 0.324. The van der Waals surface area contributed by atoms with Gasteiger partial charge in [0.2, 0.25) is 0 Å². The van der Waals surface area contributed by atoms with Crippen LogP contribution >= 0.6 is 58.0 Å². The second kappa shape index (κ2) is 8.64. The monoisotopic (exact) mass is 518 g/mol. The Bertz CT molecular complexity index is 1020. The predicted molar refractivity (Wildman–Crippen MR) is 127 cm³/mol. The standard InChI is InChI=1S/C22H19Cl5N2O2/c23-13-6-12(7-14(24)8-13)19-21(11-30,22(19,26)27)10-28-16-4-5-18(25)17(9-16)20(31)29-15-2-1-3-15/h4-9,11,15,19,28H,1-3,10H2,(H,29,31). The summed E-state index contributed by atoms with van der Waals surface area (Å²) in [5, 5.41) is 7.38. The molecule has 2 saturated carbocycles. The van der Waals surface area contributed by atoms with Crippen LogP contribution in [0, 0.1) is 5.41 Å². The molecule has 2 N–H and O–H groups in total.